The van der Waals surface area contributed by atoms with E-state index in [0.717, 1.165) is 11.4 Å². The first-order valence-electron chi connectivity index (χ1n) is 5.86. The molecule has 19 heavy (non-hydrogen) atoms. The number of ether oxygens (including phenoxy) is 3. The van der Waals surface area contributed by atoms with Gasteiger partial charge in [0.05, 0.1) is 31.8 Å². The Morgan fingerprint density at radius 1 is 1.05 bits per heavy atom. The van der Waals surface area contributed by atoms with Crippen LogP contribution in [0.25, 0.3) is 0 Å². The average molecular weight is 260 g/mol. The van der Waals surface area contributed by atoms with Crippen molar-refractivity contribution in [2.45, 2.75) is 13.5 Å². The maximum absolute atomic E-state index is 5.74. The normalized spacial score (nSPS) is 10.1. The Morgan fingerprint density at radius 3 is 2.32 bits per heavy atom. The summed E-state index contributed by atoms with van der Waals surface area (Å²) >= 11 is 0. The minimum absolute atomic E-state index is 0.311. The number of nitrogens with zero attached hydrogens (tertiary/aromatic N) is 2. The van der Waals surface area contributed by atoms with Crippen LogP contribution in [0.5, 0.6) is 17.2 Å². The van der Waals surface area contributed by atoms with Crippen molar-refractivity contribution in [3.8, 4) is 17.2 Å². The first kappa shape index (κ1) is 13.1. The lowest BCUT2D eigenvalue weighted by Gasteiger charge is -2.13. The SMILES string of the molecule is COc1cccc(OC)c1OCc1cncc(C)n1. The minimum Gasteiger partial charge on any atom is -0.493 e. The maximum Gasteiger partial charge on any atom is 0.203 e. The van der Waals surface area contributed by atoms with Crippen LogP contribution in [-0.2, 0) is 6.61 Å². The molecule has 0 fully saturated rings. The summed E-state index contributed by atoms with van der Waals surface area (Å²) in [5.41, 5.74) is 1.61. The Labute approximate surface area is 112 Å². The fourth-order valence-electron chi connectivity index (χ4n) is 1.69. The molecule has 0 aliphatic rings. The Kier molecular flexibility index (Phi) is 4.18. The number of para-hydroxylation sites is 1. The topological polar surface area (TPSA) is 53.5 Å². The summed E-state index contributed by atoms with van der Waals surface area (Å²) in [4.78, 5) is 8.41. The van der Waals surface area contributed by atoms with Crippen LogP contribution in [0.3, 0.4) is 0 Å². The number of rotatable bonds is 5. The van der Waals surface area contributed by atoms with Crippen LogP contribution in [-0.4, -0.2) is 24.2 Å². The van der Waals surface area contributed by atoms with Crippen LogP contribution in [0.15, 0.2) is 30.6 Å². The van der Waals surface area contributed by atoms with Gasteiger partial charge in [0.15, 0.2) is 11.5 Å². The van der Waals surface area contributed by atoms with Crippen molar-refractivity contribution in [1.82, 2.24) is 9.97 Å². The van der Waals surface area contributed by atoms with Crippen LogP contribution in [0.2, 0.25) is 0 Å². The third-order valence-electron chi connectivity index (χ3n) is 2.55. The van der Waals surface area contributed by atoms with Gasteiger partial charge in [0, 0.05) is 6.20 Å². The van der Waals surface area contributed by atoms with Crippen molar-refractivity contribution in [2.75, 3.05) is 14.2 Å². The monoisotopic (exact) mass is 260 g/mol. The highest BCUT2D eigenvalue weighted by Crippen LogP contribution is 2.37. The van der Waals surface area contributed by atoms with Crippen molar-refractivity contribution in [1.29, 1.82) is 0 Å². The van der Waals surface area contributed by atoms with Gasteiger partial charge in [-0.25, -0.2) is 0 Å². The van der Waals surface area contributed by atoms with Crippen LogP contribution >= 0.6 is 0 Å². The molecule has 2 aromatic rings. The average Bonchev–Trinajstić information content (AvgIpc) is 2.44. The van der Waals surface area contributed by atoms with E-state index < -0.39 is 0 Å². The second-order valence-electron chi connectivity index (χ2n) is 3.93. The smallest absolute Gasteiger partial charge is 0.203 e. The van der Waals surface area contributed by atoms with E-state index >= 15 is 0 Å². The van der Waals surface area contributed by atoms with Crippen molar-refractivity contribution < 1.29 is 14.2 Å². The highest BCUT2D eigenvalue weighted by molar-refractivity contribution is 5.51. The van der Waals surface area contributed by atoms with Crippen LogP contribution in [0.1, 0.15) is 11.4 Å². The van der Waals surface area contributed by atoms with Crippen molar-refractivity contribution in [3.05, 3.63) is 42.0 Å². The zero-order valence-electron chi connectivity index (χ0n) is 11.2. The quantitative estimate of drug-likeness (QED) is 0.826. The number of methoxy groups -OCH3 is 2. The lowest BCUT2D eigenvalue weighted by atomic mass is 10.3. The molecule has 0 N–H and O–H groups in total. The molecule has 1 aromatic heterocycles. The predicted molar refractivity (Wildman–Crippen MR) is 70.6 cm³/mol. The molecule has 100 valence electrons. The molecule has 5 heteroatoms. The third kappa shape index (κ3) is 3.13. The van der Waals surface area contributed by atoms with Crippen LogP contribution in [0.4, 0.5) is 0 Å². The number of aryl methyl sites for hydroxylation is 1. The summed E-state index contributed by atoms with van der Waals surface area (Å²) in [5.74, 6) is 1.82. The molecular weight excluding hydrogens is 244 g/mol. The number of hydrogen-bond donors (Lipinski definition) is 0. The summed E-state index contributed by atoms with van der Waals surface area (Å²) in [6.07, 6.45) is 3.38. The molecule has 1 heterocycles. The molecule has 2 rings (SSSR count). The lowest BCUT2D eigenvalue weighted by molar-refractivity contribution is 0.262. The molecule has 0 saturated carbocycles. The summed E-state index contributed by atoms with van der Waals surface area (Å²) in [5, 5.41) is 0. The fourth-order valence-corrected chi connectivity index (χ4v) is 1.69. The third-order valence-corrected chi connectivity index (χ3v) is 2.55. The zero-order valence-corrected chi connectivity index (χ0v) is 11.2. The lowest BCUT2D eigenvalue weighted by Crippen LogP contribution is -2.02. The van der Waals surface area contributed by atoms with Gasteiger partial charge in [-0.2, -0.15) is 0 Å². The molecule has 0 spiro atoms. The van der Waals surface area contributed by atoms with Crippen LogP contribution in [0, 0.1) is 6.92 Å². The molecule has 5 nitrogen and oxygen atoms in total. The second-order valence-corrected chi connectivity index (χ2v) is 3.93. The first-order valence-corrected chi connectivity index (χ1v) is 5.86. The Bertz CT molecular complexity index is 536. The van der Waals surface area contributed by atoms with Gasteiger partial charge in [0.1, 0.15) is 6.61 Å². The number of hydrogen-bond acceptors (Lipinski definition) is 5. The van der Waals surface area contributed by atoms with Gasteiger partial charge in [-0.3, -0.25) is 9.97 Å². The van der Waals surface area contributed by atoms with Gasteiger partial charge in [-0.05, 0) is 19.1 Å². The number of aromatic nitrogens is 2. The van der Waals surface area contributed by atoms with Crippen LogP contribution < -0.4 is 14.2 Å². The Morgan fingerprint density at radius 2 is 1.74 bits per heavy atom. The summed E-state index contributed by atoms with van der Waals surface area (Å²) in [6.45, 7) is 2.20. The van der Waals surface area contributed by atoms with E-state index in [0.29, 0.717) is 23.9 Å². The van der Waals surface area contributed by atoms with Gasteiger partial charge >= 0.3 is 0 Å². The largest absolute Gasteiger partial charge is 0.493 e. The van der Waals surface area contributed by atoms with E-state index in [9.17, 15) is 0 Å². The Balaban J connectivity index is 2.19. The molecule has 0 atom stereocenters. The molecule has 0 unspecified atom stereocenters. The van der Waals surface area contributed by atoms with E-state index in [1.165, 1.54) is 0 Å². The summed E-state index contributed by atoms with van der Waals surface area (Å²) in [6, 6.07) is 5.48. The minimum atomic E-state index is 0.311. The molecule has 0 aliphatic carbocycles. The number of benzene rings is 1. The van der Waals surface area contributed by atoms with Gasteiger partial charge in [-0.15, -0.1) is 0 Å². The molecule has 0 bridgehead atoms. The van der Waals surface area contributed by atoms with E-state index in [2.05, 4.69) is 9.97 Å². The summed E-state index contributed by atoms with van der Waals surface area (Å²) < 4.78 is 16.3. The van der Waals surface area contributed by atoms with E-state index in [1.807, 2.05) is 25.1 Å². The molecular formula is C14H16N2O3. The Hall–Kier alpha value is -2.30. The van der Waals surface area contributed by atoms with Crippen molar-refractivity contribution in [2.24, 2.45) is 0 Å². The highest BCUT2D eigenvalue weighted by atomic mass is 16.5. The zero-order chi connectivity index (χ0) is 13.7. The van der Waals surface area contributed by atoms with E-state index in [1.54, 1.807) is 26.6 Å². The van der Waals surface area contributed by atoms with Gasteiger partial charge < -0.3 is 14.2 Å². The van der Waals surface area contributed by atoms with Crippen molar-refractivity contribution in [3.63, 3.8) is 0 Å². The molecule has 0 radical (unpaired) electrons. The van der Waals surface area contributed by atoms with Gasteiger partial charge in [0.2, 0.25) is 5.75 Å². The molecule has 0 saturated heterocycles. The molecule has 1 aromatic carbocycles. The van der Waals surface area contributed by atoms with Crippen molar-refractivity contribution >= 4 is 0 Å². The maximum atomic E-state index is 5.74. The highest BCUT2D eigenvalue weighted by Gasteiger charge is 2.11. The first-order chi connectivity index (χ1) is 9.24. The van der Waals surface area contributed by atoms with Gasteiger partial charge in [-0.1, -0.05) is 6.07 Å². The second kappa shape index (κ2) is 6.04. The van der Waals surface area contributed by atoms with Gasteiger partial charge in [0.25, 0.3) is 0 Å². The fraction of sp³-hybridized carbons (Fsp3) is 0.286. The molecule has 0 amide bonds. The molecule has 0 aliphatic heterocycles. The van der Waals surface area contributed by atoms with E-state index in [-0.39, 0.29) is 0 Å². The van der Waals surface area contributed by atoms with E-state index in [4.69, 9.17) is 14.2 Å². The summed E-state index contributed by atoms with van der Waals surface area (Å²) in [7, 11) is 3.18. The standard InChI is InChI=1S/C14H16N2O3/c1-10-7-15-8-11(16-10)9-19-14-12(17-2)5-4-6-13(14)18-3/h4-8H,9H2,1-3H3. The predicted octanol–water partition coefficient (Wildman–Crippen LogP) is 2.38.